The largest absolute Gasteiger partial charge is 0.382 e. The van der Waals surface area contributed by atoms with Crippen LogP contribution in [-0.4, -0.2) is 38.4 Å². The third kappa shape index (κ3) is 4.38. The monoisotopic (exact) mass is 240 g/mol. The van der Waals surface area contributed by atoms with E-state index in [0.29, 0.717) is 13.2 Å². The molecule has 6 nitrogen and oxygen atoms in total. The zero-order chi connectivity index (χ0) is 12.7. The Morgan fingerprint density at radius 1 is 1.35 bits per heavy atom. The van der Waals surface area contributed by atoms with E-state index >= 15 is 0 Å². The Labute approximate surface area is 99.7 Å². The number of ether oxygens (including phenoxy) is 2. The summed E-state index contributed by atoms with van der Waals surface area (Å²) in [6.45, 7) is 1.08. The summed E-state index contributed by atoms with van der Waals surface area (Å²) in [7, 11) is 3.22. The average molecular weight is 240 g/mol. The number of nitro groups is 1. The molecule has 0 aliphatic heterocycles. The highest BCUT2D eigenvalue weighted by atomic mass is 16.6. The van der Waals surface area contributed by atoms with Crippen LogP contribution in [0.25, 0.3) is 0 Å². The van der Waals surface area contributed by atoms with E-state index in [1.54, 1.807) is 26.4 Å². The second-order valence-corrected chi connectivity index (χ2v) is 3.50. The van der Waals surface area contributed by atoms with Crippen LogP contribution in [0.5, 0.6) is 0 Å². The Morgan fingerprint density at radius 3 is 2.47 bits per heavy atom. The third-order valence-electron chi connectivity index (χ3n) is 2.30. The average Bonchev–Trinajstić information content (AvgIpc) is 2.35. The van der Waals surface area contributed by atoms with Crippen molar-refractivity contribution in [3.63, 3.8) is 0 Å². The van der Waals surface area contributed by atoms with Crippen molar-refractivity contribution in [2.45, 2.75) is 6.10 Å². The van der Waals surface area contributed by atoms with Gasteiger partial charge in [-0.15, -0.1) is 0 Å². The maximum absolute atomic E-state index is 10.5. The fourth-order valence-corrected chi connectivity index (χ4v) is 1.33. The van der Waals surface area contributed by atoms with Gasteiger partial charge in [-0.3, -0.25) is 10.1 Å². The van der Waals surface area contributed by atoms with Crippen LogP contribution in [-0.2, 0) is 9.47 Å². The van der Waals surface area contributed by atoms with E-state index in [0.717, 1.165) is 5.69 Å². The number of hydrogen-bond donors (Lipinski definition) is 1. The van der Waals surface area contributed by atoms with Gasteiger partial charge in [-0.2, -0.15) is 0 Å². The molecular weight excluding hydrogens is 224 g/mol. The van der Waals surface area contributed by atoms with Crippen LogP contribution in [0.4, 0.5) is 11.4 Å². The molecule has 0 saturated carbocycles. The molecule has 0 bridgehead atoms. The maximum atomic E-state index is 10.5. The molecule has 0 spiro atoms. The number of nitrogens with zero attached hydrogens (tertiary/aromatic N) is 1. The molecule has 0 heterocycles. The molecule has 0 amide bonds. The van der Waals surface area contributed by atoms with Crippen molar-refractivity contribution < 1.29 is 14.4 Å². The second-order valence-electron chi connectivity index (χ2n) is 3.50. The molecule has 0 aliphatic rings. The number of non-ortho nitro benzene ring substituents is 1. The van der Waals surface area contributed by atoms with Crippen molar-refractivity contribution in [3.05, 3.63) is 34.4 Å². The molecule has 0 aliphatic carbocycles. The smallest absolute Gasteiger partial charge is 0.269 e. The van der Waals surface area contributed by atoms with E-state index in [1.807, 2.05) is 0 Å². The summed E-state index contributed by atoms with van der Waals surface area (Å²) in [4.78, 5) is 10.0. The number of methoxy groups -OCH3 is 2. The van der Waals surface area contributed by atoms with Crippen molar-refractivity contribution in [2.24, 2.45) is 0 Å². The molecule has 0 radical (unpaired) electrons. The van der Waals surface area contributed by atoms with Crippen LogP contribution in [0.1, 0.15) is 0 Å². The molecule has 94 valence electrons. The molecule has 1 rings (SSSR count). The first-order chi connectivity index (χ1) is 8.17. The second kappa shape index (κ2) is 6.82. The first kappa shape index (κ1) is 13.4. The van der Waals surface area contributed by atoms with Crippen LogP contribution in [0.2, 0.25) is 0 Å². The van der Waals surface area contributed by atoms with E-state index in [-0.39, 0.29) is 11.8 Å². The van der Waals surface area contributed by atoms with E-state index in [9.17, 15) is 10.1 Å². The van der Waals surface area contributed by atoms with E-state index < -0.39 is 4.92 Å². The summed E-state index contributed by atoms with van der Waals surface area (Å²) >= 11 is 0. The van der Waals surface area contributed by atoms with E-state index in [2.05, 4.69) is 5.32 Å². The highest BCUT2D eigenvalue weighted by Gasteiger charge is 2.07. The zero-order valence-electron chi connectivity index (χ0n) is 9.88. The van der Waals surface area contributed by atoms with Crippen LogP contribution in [0.15, 0.2) is 24.3 Å². The molecule has 0 saturated heterocycles. The Bertz CT molecular complexity index is 353. The van der Waals surface area contributed by atoms with Crippen molar-refractivity contribution in [1.82, 2.24) is 0 Å². The van der Waals surface area contributed by atoms with Crippen LogP contribution in [0.3, 0.4) is 0 Å². The molecule has 0 aromatic heterocycles. The summed E-state index contributed by atoms with van der Waals surface area (Å²) in [5.74, 6) is 0. The highest BCUT2D eigenvalue weighted by molar-refractivity contribution is 5.48. The minimum Gasteiger partial charge on any atom is -0.382 e. The summed E-state index contributed by atoms with van der Waals surface area (Å²) in [5, 5.41) is 13.6. The number of hydrogen-bond acceptors (Lipinski definition) is 5. The topological polar surface area (TPSA) is 73.6 Å². The van der Waals surface area contributed by atoms with Gasteiger partial charge in [0.05, 0.1) is 17.6 Å². The van der Waals surface area contributed by atoms with Crippen molar-refractivity contribution in [1.29, 1.82) is 0 Å². The van der Waals surface area contributed by atoms with Gasteiger partial charge in [0.2, 0.25) is 0 Å². The lowest BCUT2D eigenvalue weighted by molar-refractivity contribution is -0.384. The Kier molecular flexibility index (Phi) is 5.38. The van der Waals surface area contributed by atoms with Gasteiger partial charge in [0.15, 0.2) is 0 Å². The minimum absolute atomic E-state index is 0.0461. The van der Waals surface area contributed by atoms with E-state index in [4.69, 9.17) is 9.47 Å². The molecule has 1 aromatic rings. The Morgan fingerprint density at radius 2 is 2.00 bits per heavy atom. The van der Waals surface area contributed by atoms with Gasteiger partial charge in [-0.25, -0.2) is 0 Å². The van der Waals surface area contributed by atoms with Crippen LogP contribution >= 0.6 is 0 Å². The molecule has 1 atom stereocenters. The fourth-order valence-electron chi connectivity index (χ4n) is 1.33. The molecule has 17 heavy (non-hydrogen) atoms. The van der Waals surface area contributed by atoms with E-state index in [1.165, 1.54) is 12.1 Å². The summed E-state index contributed by atoms with van der Waals surface area (Å²) in [6, 6.07) is 6.25. The quantitative estimate of drug-likeness (QED) is 0.579. The predicted octanol–water partition coefficient (Wildman–Crippen LogP) is 1.67. The number of anilines is 1. The number of benzene rings is 1. The molecule has 0 fully saturated rings. The number of nitrogens with one attached hydrogen (secondary N) is 1. The first-order valence-corrected chi connectivity index (χ1v) is 5.17. The lowest BCUT2D eigenvalue weighted by atomic mass is 10.2. The number of rotatable bonds is 7. The zero-order valence-corrected chi connectivity index (χ0v) is 9.88. The summed E-state index contributed by atoms with van der Waals surface area (Å²) in [5.41, 5.74) is 0.893. The minimum atomic E-state index is -0.424. The van der Waals surface area contributed by atoms with Gasteiger partial charge in [-0.1, -0.05) is 0 Å². The fraction of sp³-hybridized carbons (Fsp3) is 0.455. The van der Waals surface area contributed by atoms with Gasteiger partial charge in [0.25, 0.3) is 5.69 Å². The van der Waals surface area contributed by atoms with Gasteiger partial charge in [-0.05, 0) is 12.1 Å². The molecule has 6 heteroatoms. The summed E-state index contributed by atoms with van der Waals surface area (Å²) in [6.07, 6.45) is -0.0461. The van der Waals surface area contributed by atoms with Crippen LogP contribution < -0.4 is 5.32 Å². The summed E-state index contributed by atoms with van der Waals surface area (Å²) < 4.78 is 10.2. The Hall–Kier alpha value is -1.66. The van der Waals surface area contributed by atoms with Gasteiger partial charge < -0.3 is 14.8 Å². The molecular formula is C11H16N2O4. The molecule has 1 N–H and O–H groups in total. The maximum Gasteiger partial charge on any atom is 0.269 e. The predicted molar refractivity (Wildman–Crippen MR) is 64.3 cm³/mol. The standard InChI is InChI=1S/C11H16N2O4/c1-16-8-11(17-2)7-12-9-3-5-10(6-4-9)13(14)15/h3-6,11-12H,7-8H2,1-2H3. The van der Waals surface area contributed by atoms with Gasteiger partial charge in [0, 0.05) is 38.6 Å². The van der Waals surface area contributed by atoms with Crippen molar-refractivity contribution in [3.8, 4) is 0 Å². The first-order valence-electron chi connectivity index (χ1n) is 5.17. The molecule has 1 aromatic carbocycles. The van der Waals surface area contributed by atoms with Gasteiger partial charge in [0.1, 0.15) is 0 Å². The Balaban J connectivity index is 2.48. The van der Waals surface area contributed by atoms with Crippen LogP contribution in [0, 0.1) is 10.1 Å². The number of nitro benzene ring substituents is 1. The lowest BCUT2D eigenvalue weighted by Crippen LogP contribution is -2.26. The van der Waals surface area contributed by atoms with Gasteiger partial charge >= 0.3 is 0 Å². The lowest BCUT2D eigenvalue weighted by Gasteiger charge is -2.15. The third-order valence-corrected chi connectivity index (χ3v) is 2.30. The van der Waals surface area contributed by atoms with Crippen molar-refractivity contribution >= 4 is 11.4 Å². The van der Waals surface area contributed by atoms with Crippen molar-refractivity contribution in [2.75, 3.05) is 32.7 Å². The molecule has 1 unspecified atom stereocenters. The SMILES string of the molecule is COCC(CNc1ccc([N+](=O)[O-])cc1)OC. The normalized spacial score (nSPS) is 12.1. The highest BCUT2D eigenvalue weighted by Crippen LogP contribution is 2.15.